The molecular weight excluding hydrogens is 214 g/mol. The molecule has 82 valence electrons. The van der Waals surface area contributed by atoms with Gasteiger partial charge >= 0.3 is 5.97 Å². The fourth-order valence-corrected chi connectivity index (χ4v) is 2.70. The van der Waals surface area contributed by atoms with E-state index in [4.69, 9.17) is 9.84 Å². The lowest BCUT2D eigenvalue weighted by Crippen LogP contribution is -2.19. The Labute approximate surface area is 91.9 Å². The largest absolute Gasteiger partial charge is 0.481 e. The molecule has 0 aromatic carbocycles. The first kappa shape index (κ1) is 10.6. The van der Waals surface area contributed by atoms with Crippen molar-refractivity contribution < 1.29 is 14.6 Å². The average Bonchev–Trinajstić information content (AvgIpc) is 2.74. The summed E-state index contributed by atoms with van der Waals surface area (Å²) >= 11 is 1.49. The Bertz CT molecular complexity index is 368. The number of hydrogen-bond acceptors (Lipinski definition) is 4. The van der Waals surface area contributed by atoms with Gasteiger partial charge in [0, 0.05) is 12.0 Å². The molecule has 1 saturated heterocycles. The minimum atomic E-state index is -0.843. The van der Waals surface area contributed by atoms with Gasteiger partial charge in [-0.3, -0.25) is 4.79 Å². The highest BCUT2D eigenvalue weighted by Crippen LogP contribution is 2.37. The molecule has 15 heavy (non-hydrogen) atoms. The van der Waals surface area contributed by atoms with Gasteiger partial charge in [0.25, 0.3) is 0 Å². The van der Waals surface area contributed by atoms with Gasteiger partial charge in [0.1, 0.15) is 10.6 Å². The van der Waals surface area contributed by atoms with Gasteiger partial charge in [0.15, 0.2) is 0 Å². The lowest BCUT2D eigenvalue weighted by molar-refractivity contribution is -0.136. The molecule has 0 saturated carbocycles. The molecule has 1 aromatic heterocycles. The van der Waals surface area contributed by atoms with E-state index in [2.05, 4.69) is 4.98 Å². The van der Waals surface area contributed by atoms with E-state index in [-0.39, 0.29) is 12.0 Å². The number of aliphatic carboxylic acids is 1. The molecule has 1 aliphatic heterocycles. The van der Waals surface area contributed by atoms with Crippen LogP contribution in [-0.2, 0) is 21.6 Å². The van der Waals surface area contributed by atoms with Crippen LogP contribution in [0.4, 0.5) is 0 Å². The van der Waals surface area contributed by atoms with Gasteiger partial charge < -0.3 is 9.84 Å². The van der Waals surface area contributed by atoms with E-state index < -0.39 is 5.97 Å². The van der Waals surface area contributed by atoms with Gasteiger partial charge in [-0.05, 0) is 19.8 Å². The molecule has 0 aliphatic carbocycles. The van der Waals surface area contributed by atoms with E-state index in [0.717, 1.165) is 24.5 Å². The van der Waals surface area contributed by atoms with Crippen molar-refractivity contribution >= 4 is 17.3 Å². The standard InChI is InChI=1S/C10H13NO3S/c1-10(3-2-4-14-10)9-11-7(6-15-9)5-8(12)13/h6H,2-5H2,1H3,(H,12,13). The van der Waals surface area contributed by atoms with Crippen molar-refractivity contribution in [3.8, 4) is 0 Å². The number of carboxylic acid groups (broad SMARTS) is 1. The van der Waals surface area contributed by atoms with Crippen LogP contribution in [0.3, 0.4) is 0 Å². The first-order valence-electron chi connectivity index (χ1n) is 4.91. The number of aromatic nitrogens is 1. The Morgan fingerprint density at radius 3 is 3.20 bits per heavy atom. The normalized spacial score (nSPS) is 25.7. The Morgan fingerprint density at radius 2 is 2.60 bits per heavy atom. The summed E-state index contributed by atoms with van der Waals surface area (Å²) < 4.78 is 5.65. The zero-order valence-electron chi connectivity index (χ0n) is 8.52. The number of hydrogen-bond donors (Lipinski definition) is 1. The van der Waals surface area contributed by atoms with Gasteiger partial charge in [-0.15, -0.1) is 11.3 Å². The molecule has 1 aromatic rings. The van der Waals surface area contributed by atoms with Crippen LogP contribution in [0.25, 0.3) is 0 Å². The summed E-state index contributed by atoms with van der Waals surface area (Å²) in [7, 11) is 0. The summed E-state index contributed by atoms with van der Waals surface area (Å²) in [6.07, 6.45) is 2.00. The van der Waals surface area contributed by atoms with Gasteiger partial charge in [-0.1, -0.05) is 0 Å². The number of nitrogens with zero attached hydrogens (tertiary/aromatic N) is 1. The van der Waals surface area contributed by atoms with Crippen LogP contribution in [0.1, 0.15) is 30.5 Å². The minimum Gasteiger partial charge on any atom is -0.481 e. The molecule has 1 unspecified atom stereocenters. The van der Waals surface area contributed by atoms with E-state index >= 15 is 0 Å². The van der Waals surface area contributed by atoms with Crippen LogP contribution in [0.2, 0.25) is 0 Å². The maximum atomic E-state index is 10.5. The summed E-state index contributed by atoms with van der Waals surface area (Å²) in [6.45, 7) is 2.79. The van der Waals surface area contributed by atoms with Crippen molar-refractivity contribution in [1.82, 2.24) is 4.98 Å². The van der Waals surface area contributed by atoms with Crippen molar-refractivity contribution in [2.75, 3.05) is 6.61 Å². The summed E-state index contributed by atoms with van der Waals surface area (Å²) in [5, 5.41) is 11.3. The van der Waals surface area contributed by atoms with Gasteiger partial charge in [0.05, 0.1) is 12.1 Å². The Morgan fingerprint density at radius 1 is 1.80 bits per heavy atom. The lowest BCUT2D eigenvalue weighted by atomic mass is 10.0. The molecule has 2 rings (SSSR count). The zero-order chi connectivity index (χ0) is 10.9. The van der Waals surface area contributed by atoms with Gasteiger partial charge in [0.2, 0.25) is 0 Å². The smallest absolute Gasteiger partial charge is 0.309 e. The van der Waals surface area contributed by atoms with Crippen molar-refractivity contribution in [2.45, 2.75) is 31.8 Å². The Balaban J connectivity index is 2.15. The van der Waals surface area contributed by atoms with Crippen molar-refractivity contribution in [1.29, 1.82) is 0 Å². The average molecular weight is 227 g/mol. The fraction of sp³-hybridized carbons (Fsp3) is 0.600. The number of rotatable bonds is 3. The summed E-state index contributed by atoms with van der Waals surface area (Å²) in [4.78, 5) is 14.8. The Hall–Kier alpha value is -0.940. The molecule has 0 radical (unpaired) electrons. The minimum absolute atomic E-state index is 0.00736. The monoisotopic (exact) mass is 227 g/mol. The number of carbonyl (C=O) groups is 1. The summed E-state index contributed by atoms with van der Waals surface area (Å²) in [6, 6.07) is 0. The molecule has 0 amide bonds. The highest BCUT2D eigenvalue weighted by molar-refractivity contribution is 7.09. The van der Waals surface area contributed by atoms with Crippen molar-refractivity contribution in [3.05, 3.63) is 16.1 Å². The van der Waals surface area contributed by atoms with Crippen LogP contribution < -0.4 is 0 Å². The lowest BCUT2D eigenvalue weighted by Gasteiger charge is -2.19. The second kappa shape index (κ2) is 3.90. The molecule has 1 aliphatic rings. The molecule has 4 nitrogen and oxygen atoms in total. The van der Waals surface area contributed by atoms with E-state index in [1.807, 2.05) is 6.92 Å². The first-order valence-corrected chi connectivity index (χ1v) is 5.79. The molecule has 0 bridgehead atoms. The van der Waals surface area contributed by atoms with Crippen molar-refractivity contribution in [2.24, 2.45) is 0 Å². The molecule has 2 heterocycles. The second-order valence-corrected chi connectivity index (χ2v) is 4.76. The molecule has 5 heteroatoms. The number of carboxylic acids is 1. The molecule has 0 spiro atoms. The number of thiazole rings is 1. The van der Waals surface area contributed by atoms with E-state index in [9.17, 15) is 4.79 Å². The third-order valence-electron chi connectivity index (χ3n) is 2.56. The maximum Gasteiger partial charge on any atom is 0.309 e. The highest BCUT2D eigenvalue weighted by atomic mass is 32.1. The van der Waals surface area contributed by atoms with Crippen molar-refractivity contribution in [3.63, 3.8) is 0 Å². The quantitative estimate of drug-likeness (QED) is 0.855. The predicted molar refractivity (Wildman–Crippen MR) is 56.0 cm³/mol. The first-order chi connectivity index (χ1) is 7.10. The summed E-state index contributed by atoms with van der Waals surface area (Å²) in [5.41, 5.74) is 0.334. The van der Waals surface area contributed by atoms with E-state index in [0.29, 0.717) is 5.69 Å². The molecule has 1 atom stereocenters. The van der Waals surface area contributed by atoms with E-state index in [1.165, 1.54) is 11.3 Å². The van der Waals surface area contributed by atoms with E-state index in [1.54, 1.807) is 5.38 Å². The SMILES string of the molecule is CC1(c2nc(CC(=O)O)cs2)CCCO1. The fourth-order valence-electron chi connectivity index (χ4n) is 1.73. The third kappa shape index (κ3) is 2.18. The predicted octanol–water partition coefficient (Wildman–Crippen LogP) is 1.80. The Kier molecular flexibility index (Phi) is 2.75. The maximum absolute atomic E-state index is 10.5. The molecular formula is C10H13NO3S. The van der Waals surface area contributed by atoms with Crippen LogP contribution in [0.5, 0.6) is 0 Å². The highest BCUT2D eigenvalue weighted by Gasteiger charge is 2.34. The van der Waals surface area contributed by atoms with Gasteiger partial charge in [-0.25, -0.2) is 4.98 Å². The summed E-state index contributed by atoms with van der Waals surface area (Å²) in [5.74, 6) is -0.843. The topological polar surface area (TPSA) is 59.4 Å². The van der Waals surface area contributed by atoms with Crippen LogP contribution >= 0.6 is 11.3 Å². The zero-order valence-corrected chi connectivity index (χ0v) is 9.34. The van der Waals surface area contributed by atoms with Crippen LogP contribution in [0.15, 0.2) is 5.38 Å². The third-order valence-corrected chi connectivity index (χ3v) is 3.69. The second-order valence-electron chi connectivity index (χ2n) is 3.90. The van der Waals surface area contributed by atoms with Crippen LogP contribution in [0, 0.1) is 0 Å². The van der Waals surface area contributed by atoms with Gasteiger partial charge in [-0.2, -0.15) is 0 Å². The molecule has 1 N–H and O–H groups in total. The van der Waals surface area contributed by atoms with Crippen LogP contribution in [-0.4, -0.2) is 22.7 Å². The molecule has 1 fully saturated rings. The number of ether oxygens (including phenoxy) is 1.